The molecule has 1 amide bonds. The van der Waals surface area contributed by atoms with Crippen molar-refractivity contribution >= 4 is 12.6 Å². The van der Waals surface area contributed by atoms with E-state index in [0.717, 1.165) is 19.4 Å². The molecule has 0 aromatic heterocycles. The van der Waals surface area contributed by atoms with Crippen LogP contribution < -0.4 is 0 Å². The van der Waals surface area contributed by atoms with Crippen molar-refractivity contribution in [1.29, 1.82) is 0 Å². The van der Waals surface area contributed by atoms with Crippen LogP contribution >= 0.6 is 0 Å². The van der Waals surface area contributed by atoms with Crippen LogP contribution in [0.5, 0.6) is 0 Å². The second-order valence-electron chi connectivity index (χ2n) is 4.77. The summed E-state index contributed by atoms with van der Waals surface area (Å²) in [5.74, 6) is 0. The highest BCUT2D eigenvalue weighted by atomic mass is 16.6. The molecular weight excluding hydrogens is 210 g/mol. The van der Waals surface area contributed by atoms with E-state index in [1.54, 1.807) is 0 Å². The van der Waals surface area contributed by atoms with Crippen molar-refractivity contribution in [2.24, 2.45) is 0 Å². The van der Waals surface area contributed by atoms with E-state index in [2.05, 4.69) is 6.92 Å². The Hall–Kier alpha value is -1.26. The lowest BCUT2D eigenvalue weighted by molar-refractivity contribution is -0.122. The summed E-state index contributed by atoms with van der Waals surface area (Å²) in [6.45, 7) is 8.34. The largest absolute Gasteiger partial charge is 0.483 e. The number of likely N-dealkylation sites (tertiary alicyclic amines) is 1. The van der Waals surface area contributed by atoms with Crippen LogP contribution in [0, 0.1) is 0 Å². The number of nitrogens with zero attached hydrogens (tertiary/aromatic N) is 1. The van der Waals surface area contributed by atoms with Gasteiger partial charge in [-0.3, -0.25) is 4.79 Å². The van der Waals surface area contributed by atoms with Gasteiger partial charge in [-0.05, 0) is 40.5 Å². The van der Waals surface area contributed by atoms with Crippen LogP contribution in [0.4, 0.5) is 4.79 Å². The number of carbonyl (C=O) groups excluding carboxylic acids is 1. The maximum atomic E-state index is 11.6. The number of amides is 1. The Morgan fingerprint density at radius 2 is 2.00 bits per heavy atom. The quantitative estimate of drug-likeness (QED) is 0.648. The second-order valence-corrected chi connectivity index (χ2v) is 4.77. The molecule has 1 atom stereocenters. The fourth-order valence-electron chi connectivity index (χ4n) is 1.53. The summed E-state index contributed by atoms with van der Waals surface area (Å²) >= 11 is 0. The Labute approximate surface area is 96.4 Å². The lowest BCUT2D eigenvalue weighted by Gasteiger charge is -2.26. The number of rotatable bonds is 0. The maximum Gasteiger partial charge on any atom is 0.410 e. The fourth-order valence-corrected chi connectivity index (χ4v) is 1.53. The third kappa shape index (κ3) is 5.58. The molecular formula is C11H21NO4. The fraction of sp³-hybridized carbons (Fsp3) is 0.818. The molecule has 1 fully saturated rings. The Morgan fingerprint density at radius 3 is 2.31 bits per heavy atom. The van der Waals surface area contributed by atoms with Crippen molar-refractivity contribution in [2.75, 3.05) is 6.54 Å². The van der Waals surface area contributed by atoms with Crippen LogP contribution in [0.15, 0.2) is 0 Å². The molecule has 0 bridgehead atoms. The van der Waals surface area contributed by atoms with Gasteiger partial charge in [0.2, 0.25) is 0 Å². The SMILES string of the molecule is C[C@H]1CCCN1C(=O)OC(C)(C)C.O=CO. The zero-order chi connectivity index (χ0) is 12.8. The van der Waals surface area contributed by atoms with E-state index in [4.69, 9.17) is 14.6 Å². The van der Waals surface area contributed by atoms with Gasteiger partial charge in [0.15, 0.2) is 0 Å². The van der Waals surface area contributed by atoms with E-state index in [-0.39, 0.29) is 18.2 Å². The molecule has 1 rings (SSSR count). The molecule has 94 valence electrons. The van der Waals surface area contributed by atoms with Gasteiger partial charge in [0.1, 0.15) is 5.60 Å². The zero-order valence-corrected chi connectivity index (χ0v) is 10.4. The highest BCUT2D eigenvalue weighted by Gasteiger charge is 2.28. The molecule has 16 heavy (non-hydrogen) atoms. The summed E-state index contributed by atoms with van der Waals surface area (Å²) in [7, 11) is 0. The minimum atomic E-state index is -0.376. The summed E-state index contributed by atoms with van der Waals surface area (Å²) in [4.78, 5) is 21.7. The van der Waals surface area contributed by atoms with Crippen molar-refractivity contribution in [2.45, 2.75) is 52.2 Å². The molecule has 0 unspecified atom stereocenters. The molecule has 1 N–H and O–H groups in total. The molecule has 0 spiro atoms. The third-order valence-electron chi connectivity index (χ3n) is 2.18. The van der Waals surface area contributed by atoms with Gasteiger partial charge in [-0.1, -0.05) is 0 Å². The number of carbonyl (C=O) groups is 2. The van der Waals surface area contributed by atoms with E-state index in [0.29, 0.717) is 6.04 Å². The topological polar surface area (TPSA) is 66.8 Å². The Balaban J connectivity index is 0.000000673. The summed E-state index contributed by atoms with van der Waals surface area (Å²) in [6.07, 6.45) is 2.03. The Bertz CT molecular complexity index is 235. The molecule has 1 saturated heterocycles. The lowest BCUT2D eigenvalue weighted by atomic mass is 10.2. The van der Waals surface area contributed by atoms with Gasteiger partial charge < -0.3 is 14.7 Å². The number of hydrogen-bond acceptors (Lipinski definition) is 3. The molecule has 1 heterocycles. The summed E-state index contributed by atoms with van der Waals surface area (Å²) in [6, 6.07) is 0.342. The van der Waals surface area contributed by atoms with Crippen LogP contribution in [-0.4, -0.2) is 40.8 Å². The molecule has 1 aliphatic heterocycles. The third-order valence-corrected chi connectivity index (χ3v) is 2.18. The predicted octanol–water partition coefficient (Wildman–Crippen LogP) is 2.11. The van der Waals surface area contributed by atoms with Gasteiger partial charge in [0.25, 0.3) is 6.47 Å². The highest BCUT2D eigenvalue weighted by Crippen LogP contribution is 2.19. The minimum absolute atomic E-state index is 0.169. The van der Waals surface area contributed by atoms with Crippen LogP contribution in [0.2, 0.25) is 0 Å². The van der Waals surface area contributed by atoms with Crippen LogP contribution in [0.3, 0.4) is 0 Å². The second kappa shape index (κ2) is 6.35. The van der Waals surface area contributed by atoms with Crippen LogP contribution in [-0.2, 0) is 9.53 Å². The minimum Gasteiger partial charge on any atom is -0.483 e. The highest BCUT2D eigenvalue weighted by molar-refractivity contribution is 5.68. The van der Waals surface area contributed by atoms with Crippen molar-refractivity contribution in [3.05, 3.63) is 0 Å². The van der Waals surface area contributed by atoms with Gasteiger partial charge in [-0.25, -0.2) is 4.79 Å². The van der Waals surface area contributed by atoms with Crippen molar-refractivity contribution in [3.8, 4) is 0 Å². The first-order valence-corrected chi connectivity index (χ1v) is 5.39. The van der Waals surface area contributed by atoms with Crippen LogP contribution in [0.1, 0.15) is 40.5 Å². The van der Waals surface area contributed by atoms with Crippen molar-refractivity contribution in [3.63, 3.8) is 0 Å². The predicted molar refractivity (Wildman–Crippen MR) is 60.3 cm³/mol. The zero-order valence-electron chi connectivity index (χ0n) is 10.4. The monoisotopic (exact) mass is 231 g/mol. The maximum absolute atomic E-state index is 11.6. The summed E-state index contributed by atoms with van der Waals surface area (Å²) in [5, 5.41) is 6.89. The van der Waals surface area contributed by atoms with Gasteiger partial charge in [-0.2, -0.15) is 0 Å². The molecule has 0 radical (unpaired) electrons. The van der Waals surface area contributed by atoms with E-state index < -0.39 is 0 Å². The lowest BCUT2D eigenvalue weighted by Crippen LogP contribution is -2.38. The molecule has 5 heteroatoms. The van der Waals surface area contributed by atoms with Gasteiger partial charge in [0.05, 0.1) is 0 Å². The first-order valence-electron chi connectivity index (χ1n) is 5.39. The van der Waals surface area contributed by atoms with Crippen molar-refractivity contribution in [1.82, 2.24) is 4.90 Å². The molecule has 0 aromatic carbocycles. The molecule has 0 aromatic rings. The summed E-state index contributed by atoms with van der Waals surface area (Å²) < 4.78 is 5.28. The molecule has 0 saturated carbocycles. The standard InChI is InChI=1S/C10H19NO2.CH2O2/c1-8-6-5-7-11(8)9(12)13-10(2,3)4;2-1-3/h8H,5-7H2,1-4H3;1H,(H,2,3)/t8-;/m0./s1. The molecule has 5 nitrogen and oxygen atoms in total. The van der Waals surface area contributed by atoms with E-state index in [9.17, 15) is 4.79 Å². The number of carboxylic acid groups (broad SMARTS) is 1. The molecule has 0 aliphatic carbocycles. The number of ether oxygens (including phenoxy) is 1. The Morgan fingerprint density at radius 1 is 1.50 bits per heavy atom. The number of hydrogen-bond donors (Lipinski definition) is 1. The first-order chi connectivity index (χ1) is 7.31. The van der Waals surface area contributed by atoms with E-state index in [1.165, 1.54) is 0 Å². The first kappa shape index (κ1) is 14.7. The average Bonchev–Trinajstić information content (AvgIpc) is 2.49. The van der Waals surface area contributed by atoms with Gasteiger partial charge in [0, 0.05) is 12.6 Å². The van der Waals surface area contributed by atoms with Gasteiger partial charge in [-0.15, -0.1) is 0 Å². The Kier molecular flexibility index (Phi) is 5.85. The smallest absolute Gasteiger partial charge is 0.410 e. The van der Waals surface area contributed by atoms with Crippen molar-refractivity contribution < 1.29 is 19.4 Å². The van der Waals surface area contributed by atoms with E-state index >= 15 is 0 Å². The van der Waals surface area contributed by atoms with Crippen LogP contribution in [0.25, 0.3) is 0 Å². The summed E-state index contributed by atoms with van der Waals surface area (Å²) in [5.41, 5.74) is -0.376. The average molecular weight is 231 g/mol. The van der Waals surface area contributed by atoms with Gasteiger partial charge >= 0.3 is 6.09 Å². The normalized spacial score (nSPS) is 19.8. The van der Waals surface area contributed by atoms with E-state index in [1.807, 2.05) is 25.7 Å². The molecule has 1 aliphatic rings.